The van der Waals surface area contributed by atoms with Crippen LogP contribution in [-0.4, -0.2) is 34.0 Å². The van der Waals surface area contributed by atoms with Crippen LogP contribution in [0.15, 0.2) is 0 Å². The maximum atomic E-state index is 11.2. The summed E-state index contributed by atoms with van der Waals surface area (Å²) in [5.41, 5.74) is 0. The Hall–Kier alpha value is -0.710. The minimum atomic E-state index is -0.894. The summed E-state index contributed by atoms with van der Waals surface area (Å²) in [6.45, 7) is 5.71. The minimum absolute atomic E-state index is 0.0297. The summed E-state index contributed by atoms with van der Waals surface area (Å²) in [7, 11) is 0. The first-order valence-electron chi connectivity index (χ1n) is 4.54. The average molecular weight is 219 g/mol. The molecule has 82 valence electrons. The van der Waals surface area contributed by atoms with E-state index in [9.17, 15) is 9.59 Å². The first-order valence-corrected chi connectivity index (χ1v) is 5.59. The van der Waals surface area contributed by atoms with E-state index in [0.717, 1.165) is 0 Å². The predicted octanol–water partition coefficient (Wildman–Crippen LogP) is 1.11. The van der Waals surface area contributed by atoms with Crippen molar-refractivity contribution in [3.63, 3.8) is 0 Å². The molecular formula is C9H17NO3S. The number of thioether (sulfide) groups is 1. The summed E-state index contributed by atoms with van der Waals surface area (Å²) in [5, 5.41) is 11.5. The number of carboxylic acid groups (broad SMARTS) is 1. The molecule has 1 amide bonds. The minimum Gasteiger partial charge on any atom is -0.481 e. The second-order valence-electron chi connectivity index (χ2n) is 3.43. The number of aliphatic carboxylic acids is 1. The number of rotatable bonds is 6. The first kappa shape index (κ1) is 13.3. The number of hydrogen-bond donors (Lipinski definition) is 2. The van der Waals surface area contributed by atoms with Crippen LogP contribution < -0.4 is 5.32 Å². The summed E-state index contributed by atoms with van der Waals surface area (Å²) < 4.78 is 0. The highest BCUT2D eigenvalue weighted by Gasteiger charge is 2.10. The van der Waals surface area contributed by atoms with E-state index < -0.39 is 5.97 Å². The Kier molecular flexibility index (Phi) is 6.36. The Morgan fingerprint density at radius 2 is 1.93 bits per heavy atom. The molecule has 0 rings (SSSR count). The standard InChI is InChI=1S/C9H17NO3S/c1-6(2)14-5-8(11)10-7(3)4-9(12)13/h6-7H,4-5H2,1-3H3,(H,10,11)(H,12,13). The fourth-order valence-electron chi connectivity index (χ4n) is 0.872. The van der Waals surface area contributed by atoms with Crippen molar-refractivity contribution >= 4 is 23.6 Å². The van der Waals surface area contributed by atoms with E-state index in [1.165, 1.54) is 0 Å². The van der Waals surface area contributed by atoms with Gasteiger partial charge in [0.15, 0.2) is 0 Å². The van der Waals surface area contributed by atoms with Gasteiger partial charge in [-0.1, -0.05) is 13.8 Å². The Balaban J connectivity index is 3.66. The fraction of sp³-hybridized carbons (Fsp3) is 0.778. The van der Waals surface area contributed by atoms with Gasteiger partial charge in [-0.2, -0.15) is 0 Å². The molecule has 0 aliphatic carbocycles. The van der Waals surface area contributed by atoms with Gasteiger partial charge in [0.2, 0.25) is 5.91 Å². The highest BCUT2D eigenvalue weighted by Crippen LogP contribution is 2.07. The van der Waals surface area contributed by atoms with Crippen LogP contribution in [0.25, 0.3) is 0 Å². The van der Waals surface area contributed by atoms with Gasteiger partial charge < -0.3 is 10.4 Å². The molecule has 14 heavy (non-hydrogen) atoms. The van der Waals surface area contributed by atoms with Crippen LogP contribution in [0, 0.1) is 0 Å². The molecule has 0 heterocycles. The molecular weight excluding hydrogens is 202 g/mol. The zero-order valence-corrected chi connectivity index (χ0v) is 9.56. The number of amides is 1. The van der Waals surface area contributed by atoms with Crippen molar-refractivity contribution in [1.29, 1.82) is 0 Å². The topological polar surface area (TPSA) is 66.4 Å². The lowest BCUT2D eigenvalue weighted by Gasteiger charge is -2.11. The molecule has 0 bridgehead atoms. The highest BCUT2D eigenvalue weighted by atomic mass is 32.2. The molecule has 0 spiro atoms. The number of carbonyl (C=O) groups is 2. The zero-order valence-electron chi connectivity index (χ0n) is 8.74. The van der Waals surface area contributed by atoms with Crippen LogP contribution in [0.4, 0.5) is 0 Å². The van der Waals surface area contributed by atoms with Crippen LogP contribution in [0.3, 0.4) is 0 Å². The third kappa shape index (κ3) is 7.91. The van der Waals surface area contributed by atoms with Gasteiger partial charge in [0.05, 0.1) is 12.2 Å². The van der Waals surface area contributed by atoms with Crippen molar-refractivity contribution in [2.75, 3.05) is 5.75 Å². The molecule has 1 unspecified atom stereocenters. The molecule has 5 heteroatoms. The molecule has 2 N–H and O–H groups in total. The summed E-state index contributed by atoms with van der Waals surface area (Å²) >= 11 is 1.54. The van der Waals surface area contributed by atoms with Crippen molar-refractivity contribution in [2.45, 2.75) is 38.5 Å². The van der Waals surface area contributed by atoms with Crippen LogP contribution in [-0.2, 0) is 9.59 Å². The molecule has 1 atom stereocenters. The van der Waals surface area contributed by atoms with Crippen molar-refractivity contribution in [1.82, 2.24) is 5.32 Å². The first-order chi connectivity index (χ1) is 6.41. The smallest absolute Gasteiger partial charge is 0.305 e. The third-order valence-electron chi connectivity index (χ3n) is 1.44. The van der Waals surface area contributed by atoms with Gasteiger partial charge in [-0.05, 0) is 12.2 Å². The SMILES string of the molecule is CC(CC(=O)O)NC(=O)CSC(C)C. The molecule has 0 saturated carbocycles. The van der Waals surface area contributed by atoms with Crippen molar-refractivity contribution in [3.05, 3.63) is 0 Å². The lowest BCUT2D eigenvalue weighted by molar-refractivity contribution is -0.137. The zero-order chi connectivity index (χ0) is 11.1. The Labute approximate surface area is 88.4 Å². The van der Waals surface area contributed by atoms with Gasteiger partial charge in [0.25, 0.3) is 0 Å². The maximum absolute atomic E-state index is 11.2. The number of nitrogens with one attached hydrogen (secondary N) is 1. The molecule has 0 aromatic heterocycles. The lowest BCUT2D eigenvalue weighted by atomic mass is 10.2. The van der Waals surface area contributed by atoms with E-state index >= 15 is 0 Å². The van der Waals surface area contributed by atoms with Gasteiger partial charge in [0.1, 0.15) is 0 Å². The van der Waals surface area contributed by atoms with Gasteiger partial charge >= 0.3 is 5.97 Å². The van der Waals surface area contributed by atoms with Crippen molar-refractivity contribution < 1.29 is 14.7 Å². The normalized spacial score (nSPS) is 12.6. The van der Waals surface area contributed by atoms with Crippen LogP contribution in [0.2, 0.25) is 0 Å². The number of hydrogen-bond acceptors (Lipinski definition) is 3. The Bertz CT molecular complexity index is 206. The maximum Gasteiger partial charge on any atom is 0.305 e. The van der Waals surface area contributed by atoms with Crippen molar-refractivity contribution in [2.24, 2.45) is 0 Å². The molecule has 0 radical (unpaired) electrons. The molecule has 0 aliphatic rings. The van der Waals surface area contributed by atoms with Gasteiger partial charge in [0, 0.05) is 6.04 Å². The summed E-state index contributed by atoms with van der Waals surface area (Å²) in [6, 6.07) is -0.298. The summed E-state index contributed by atoms with van der Waals surface area (Å²) in [4.78, 5) is 21.5. The van der Waals surface area contributed by atoms with E-state index in [4.69, 9.17) is 5.11 Å². The second kappa shape index (κ2) is 6.70. The molecule has 4 nitrogen and oxygen atoms in total. The monoisotopic (exact) mass is 219 g/mol. The second-order valence-corrected chi connectivity index (χ2v) is 4.99. The quantitative estimate of drug-likeness (QED) is 0.702. The van der Waals surface area contributed by atoms with E-state index in [0.29, 0.717) is 11.0 Å². The molecule has 0 fully saturated rings. The highest BCUT2D eigenvalue weighted by molar-refractivity contribution is 8.00. The van der Waals surface area contributed by atoms with Crippen LogP contribution >= 0.6 is 11.8 Å². The largest absolute Gasteiger partial charge is 0.481 e. The van der Waals surface area contributed by atoms with E-state index in [-0.39, 0.29) is 18.4 Å². The third-order valence-corrected chi connectivity index (χ3v) is 2.53. The van der Waals surface area contributed by atoms with Gasteiger partial charge in [-0.25, -0.2) is 0 Å². The van der Waals surface area contributed by atoms with E-state index in [2.05, 4.69) is 5.32 Å². The van der Waals surface area contributed by atoms with Gasteiger partial charge in [-0.3, -0.25) is 9.59 Å². The summed E-state index contributed by atoms with van der Waals surface area (Å²) in [6.07, 6.45) is -0.0297. The van der Waals surface area contributed by atoms with Crippen molar-refractivity contribution in [3.8, 4) is 0 Å². The number of carbonyl (C=O) groups excluding carboxylic acids is 1. The average Bonchev–Trinajstić information content (AvgIpc) is 1.98. The summed E-state index contributed by atoms with van der Waals surface area (Å²) in [5.74, 6) is -0.603. The molecule has 0 aliphatic heterocycles. The molecule has 0 aromatic rings. The fourth-order valence-corrected chi connectivity index (χ4v) is 1.44. The van der Waals surface area contributed by atoms with Crippen LogP contribution in [0.1, 0.15) is 27.2 Å². The molecule has 0 aromatic carbocycles. The number of carboxylic acids is 1. The van der Waals surface area contributed by atoms with E-state index in [1.807, 2.05) is 13.8 Å². The Morgan fingerprint density at radius 1 is 1.36 bits per heavy atom. The van der Waals surface area contributed by atoms with E-state index in [1.54, 1.807) is 18.7 Å². The molecule has 0 saturated heterocycles. The van der Waals surface area contributed by atoms with Crippen LogP contribution in [0.5, 0.6) is 0 Å². The Morgan fingerprint density at radius 3 is 2.36 bits per heavy atom. The lowest BCUT2D eigenvalue weighted by Crippen LogP contribution is -2.35. The van der Waals surface area contributed by atoms with Gasteiger partial charge in [-0.15, -0.1) is 11.8 Å². The predicted molar refractivity (Wildman–Crippen MR) is 57.5 cm³/mol.